The number of esters is 1. The molecular formula is C21H25BrN4O3. The van der Waals surface area contributed by atoms with Crippen LogP contribution in [0.3, 0.4) is 0 Å². The van der Waals surface area contributed by atoms with Gasteiger partial charge in [-0.2, -0.15) is 0 Å². The number of rotatable bonds is 4. The molecule has 1 aliphatic rings. The molecule has 1 aromatic heterocycles. The zero-order valence-corrected chi connectivity index (χ0v) is 18.2. The lowest BCUT2D eigenvalue weighted by Gasteiger charge is -2.23. The quantitative estimate of drug-likeness (QED) is 0.695. The van der Waals surface area contributed by atoms with Crippen LogP contribution in [-0.4, -0.2) is 54.7 Å². The van der Waals surface area contributed by atoms with Gasteiger partial charge in [0.05, 0.1) is 12.2 Å². The first-order chi connectivity index (χ1) is 14.0. The molecule has 154 valence electrons. The van der Waals surface area contributed by atoms with E-state index >= 15 is 0 Å². The molecule has 2 amide bonds. The van der Waals surface area contributed by atoms with E-state index < -0.39 is 0 Å². The minimum absolute atomic E-state index is 0.0945. The van der Waals surface area contributed by atoms with Crippen LogP contribution in [0.2, 0.25) is 0 Å². The zero-order chi connectivity index (χ0) is 20.8. The Balaban J connectivity index is 1.59. The van der Waals surface area contributed by atoms with Gasteiger partial charge in [0.2, 0.25) is 0 Å². The predicted molar refractivity (Wildman–Crippen MR) is 116 cm³/mol. The molecule has 1 saturated heterocycles. The number of aryl methyl sites for hydroxylation is 1. The number of ether oxygens (including phenoxy) is 1. The average Bonchev–Trinajstić information content (AvgIpc) is 2.97. The molecule has 2 heterocycles. The van der Waals surface area contributed by atoms with Crippen molar-refractivity contribution in [3.05, 3.63) is 52.1 Å². The summed E-state index contributed by atoms with van der Waals surface area (Å²) in [5.41, 5.74) is 2.27. The zero-order valence-electron chi connectivity index (χ0n) is 16.7. The topological polar surface area (TPSA) is 74.8 Å². The number of anilines is 2. The van der Waals surface area contributed by atoms with Crippen LogP contribution in [0.15, 0.2) is 41.0 Å². The van der Waals surface area contributed by atoms with Gasteiger partial charge in [-0.1, -0.05) is 15.9 Å². The van der Waals surface area contributed by atoms with E-state index in [4.69, 9.17) is 4.74 Å². The van der Waals surface area contributed by atoms with Gasteiger partial charge in [0, 0.05) is 42.5 Å². The van der Waals surface area contributed by atoms with Gasteiger partial charge in [0.1, 0.15) is 5.82 Å². The highest BCUT2D eigenvalue weighted by Gasteiger charge is 2.20. The smallest absolute Gasteiger partial charge is 0.339 e. The van der Waals surface area contributed by atoms with Crippen molar-refractivity contribution < 1.29 is 14.3 Å². The number of hydrogen-bond donors (Lipinski definition) is 1. The Morgan fingerprint density at radius 1 is 1.17 bits per heavy atom. The molecule has 7 nitrogen and oxygen atoms in total. The normalized spacial score (nSPS) is 14.3. The van der Waals surface area contributed by atoms with Crippen molar-refractivity contribution in [3.8, 4) is 0 Å². The third kappa shape index (κ3) is 5.47. The van der Waals surface area contributed by atoms with Crippen LogP contribution in [0.4, 0.5) is 16.3 Å². The van der Waals surface area contributed by atoms with E-state index in [2.05, 4.69) is 31.1 Å². The summed E-state index contributed by atoms with van der Waals surface area (Å²) >= 11 is 3.44. The van der Waals surface area contributed by atoms with Gasteiger partial charge >= 0.3 is 12.0 Å². The Hall–Kier alpha value is -2.61. The van der Waals surface area contributed by atoms with Gasteiger partial charge in [-0.15, -0.1) is 0 Å². The van der Waals surface area contributed by atoms with E-state index in [9.17, 15) is 9.59 Å². The van der Waals surface area contributed by atoms with Gasteiger partial charge in [0.15, 0.2) is 0 Å². The fourth-order valence-electron chi connectivity index (χ4n) is 3.22. The molecule has 0 aliphatic carbocycles. The number of benzene rings is 1. The number of hydrogen-bond acceptors (Lipinski definition) is 5. The summed E-state index contributed by atoms with van der Waals surface area (Å²) in [6, 6.07) is 9.25. The van der Waals surface area contributed by atoms with Gasteiger partial charge in [-0.05, 0) is 56.2 Å². The molecule has 8 heteroatoms. The molecular weight excluding hydrogens is 436 g/mol. The molecule has 0 bridgehead atoms. The molecule has 0 unspecified atom stereocenters. The van der Waals surface area contributed by atoms with Crippen molar-refractivity contribution in [2.75, 3.05) is 43.0 Å². The van der Waals surface area contributed by atoms with Crippen molar-refractivity contribution in [3.63, 3.8) is 0 Å². The van der Waals surface area contributed by atoms with E-state index in [0.29, 0.717) is 31.8 Å². The van der Waals surface area contributed by atoms with Crippen molar-refractivity contribution in [1.82, 2.24) is 9.88 Å². The molecule has 29 heavy (non-hydrogen) atoms. The number of nitrogens with one attached hydrogen (secondary N) is 1. The summed E-state index contributed by atoms with van der Waals surface area (Å²) in [4.78, 5) is 32.8. The molecule has 0 radical (unpaired) electrons. The maximum Gasteiger partial charge on any atom is 0.339 e. The van der Waals surface area contributed by atoms with Gasteiger partial charge in [-0.25, -0.2) is 14.6 Å². The van der Waals surface area contributed by atoms with Crippen LogP contribution in [0, 0.1) is 6.92 Å². The molecule has 0 atom stereocenters. The van der Waals surface area contributed by atoms with Crippen molar-refractivity contribution in [2.45, 2.75) is 20.3 Å². The predicted octanol–water partition coefficient (Wildman–Crippen LogP) is 4.07. The highest BCUT2D eigenvalue weighted by atomic mass is 79.9. The summed E-state index contributed by atoms with van der Waals surface area (Å²) in [5, 5.41) is 3.00. The van der Waals surface area contributed by atoms with Gasteiger partial charge in [0.25, 0.3) is 0 Å². The summed E-state index contributed by atoms with van der Waals surface area (Å²) in [6.07, 6.45) is 2.38. The Bertz CT molecular complexity index is 873. The lowest BCUT2D eigenvalue weighted by molar-refractivity contribution is 0.0526. The number of urea groups is 1. The molecule has 3 rings (SSSR count). The Morgan fingerprint density at radius 3 is 2.69 bits per heavy atom. The highest BCUT2D eigenvalue weighted by Crippen LogP contribution is 2.21. The van der Waals surface area contributed by atoms with Gasteiger partial charge < -0.3 is 19.9 Å². The molecule has 0 saturated carbocycles. The van der Waals surface area contributed by atoms with Crippen LogP contribution in [-0.2, 0) is 4.74 Å². The number of halogens is 1. The Labute approximate surface area is 179 Å². The molecule has 1 aromatic carbocycles. The number of amides is 2. The van der Waals surface area contributed by atoms with Crippen LogP contribution in [0.5, 0.6) is 0 Å². The number of pyridine rings is 1. The number of aromatic nitrogens is 1. The standard InChI is InChI=1S/C21H25BrN4O3/c1-3-29-20(27)16-5-8-19(23-14-16)25-9-4-10-26(12-11-25)21(28)24-18-7-6-17(22)13-15(18)2/h5-8,13-14H,3-4,9-12H2,1-2H3,(H,24,28). The van der Waals surface area contributed by atoms with Crippen LogP contribution in [0.1, 0.15) is 29.3 Å². The molecule has 1 fully saturated rings. The summed E-state index contributed by atoms with van der Waals surface area (Å²) < 4.78 is 5.98. The van der Waals surface area contributed by atoms with Crippen molar-refractivity contribution >= 4 is 39.4 Å². The maximum absolute atomic E-state index is 12.7. The van der Waals surface area contributed by atoms with E-state index in [1.807, 2.05) is 36.1 Å². The monoisotopic (exact) mass is 460 g/mol. The largest absolute Gasteiger partial charge is 0.462 e. The van der Waals surface area contributed by atoms with Crippen LogP contribution < -0.4 is 10.2 Å². The summed E-state index contributed by atoms with van der Waals surface area (Å²) in [7, 11) is 0. The van der Waals surface area contributed by atoms with E-state index in [1.165, 1.54) is 0 Å². The summed E-state index contributed by atoms with van der Waals surface area (Å²) in [5.74, 6) is 0.428. The minimum Gasteiger partial charge on any atom is -0.462 e. The first kappa shape index (κ1) is 21.1. The third-order valence-corrected chi connectivity index (χ3v) is 5.29. The molecule has 0 spiro atoms. The lowest BCUT2D eigenvalue weighted by atomic mass is 10.2. The maximum atomic E-state index is 12.7. The van der Waals surface area contributed by atoms with Crippen molar-refractivity contribution in [2.24, 2.45) is 0 Å². The fourth-order valence-corrected chi connectivity index (χ4v) is 3.70. The number of nitrogens with zero attached hydrogens (tertiary/aromatic N) is 3. The first-order valence-corrected chi connectivity index (χ1v) is 10.5. The Kier molecular flexibility index (Phi) is 7.09. The van der Waals surface area contributed by atoms with Crippen LogP contribution >= 0.6 is 15.9 Å². The second-order valence-electron chi connectivity index (χ2n) is 6.84. The lowest BCUT2D eigenvalue weighted by Crippen LogP contribution is -2.38. The van der Waals surface area contributed by atoms with Crippen molar-refractivity contribution in [1.29, 1.82) is 0 Å². The average molecular weight is 461 g/mol. The number of carbonyl (C=O) groups excluding carboxylic acids is 2. The third-order valence-electron chi connectivity index (χ3n) is 4.80. The van der Waals surface area contributed by atoms with Gasteiger partial charge in [-0.3, -0.25) is 0 Å². The van der Waals surface area contributed by atoms with E-state index in [-0.39, 0.29) is 12.0 Å². The fraction of sp³-hybridized carbons (Fsp3) is 0.381. The minimum atomic E-state index is -0.367. The second kappa shape index (κ2) is 9.73. The van der Waals surface area contributed by atoms with Crippen LogP contribution in [0.25, 0.3) is 0 Å². The summed E-state index contributed by atoms with van der Waals surface area (Å²) in [6.45, 7) is 6.84. The second-order valence-corrected chi connectivity index (χ2v) is 7.76. The number of carbonyl (C=O) groups is 2. The van der Waals surface area contributed by atoms with E-state index in [0.717, 1.165) is 34.5 Å². The Morgan fingerprint density at radius 2 is 2.00 bits per heavy atom. The SMILES string of the molecule is CCOC(=O)c1ccc(N2CCCN(C(=O)Nc3ccc(Br)cc3C)CC2)nc1. The first-order valence-electron chi connectivity index (χ1n) is 9.68. The molecule has 1 N–H and O–H groups in total. The van der Waals surface area contributed by atoms with E-state index in [1.54, 1.807) is 19.2 Å². The molecule has 1 aliphatic heterocycles. The highest BCUT2D eigenvalue weighted by molar-refractivity contribution is 9.10. The molecule has 2 aromatic rings.